The maximum absolute atomic E-state index is 12.4. The maximum atomic E-state index is 12.4. The van der Waals surface area contributed by atoms with Crippen LogP contribution in [0.15, 0.2) is 23.1 Å². The monoisotopic (exact) mass is 404 g/mol. The van der Waals surface area contributed by atoms with Gasteiger partial charge in [0.1, 0.15) is 11.4 Å². The summed E-state index contributed by atoms with van der Waals surface area (Å²) >= 11 is 11.8. The Hall–Kier alpha value is -1.61. The third-order valence-electron chi connectivity index (χ3n) is 3.49. The van der Waals surface area contributed by atoms with Gasteiger partial charge in [-0.2, -0.15) is 5.10 Å². The Balaban J connectivity index is 2.25. The first kappa shape index (κ1) is 19.7. The average Bonchev–Trinajstić information content (AvgIpc) is 2.71. The summed E-state index contributed by atoms with van der Waals surface area (Å²) in [7, 11) is -0.749. The lowest BCUT2D eigenvalue weighted by atomic mass is 10.3. The lowest BCUT2D eigenvalue weighted by Gasteiger charge is -2.12. The highest BCUT2D eigenvalue weighted by molar-refractivity contribution is 7.89. The molecule has 25 heavy (non-hydrogen) atoms. The van der Waals surface area contributed by atoms with Gasteiger partial charge in [-0.3, -0.25) is 9.48 Å². The molecule has 0 spiro atoms. The Morgan fingerprint density at radius 2 is 1.76 bits per heavy atom. The third kappa shape index (κ3) is 4.33. The number of aromatic nitrogens is 2. The highest BCUT2D eigenvalue weighted by Gasteiger charge is 2.27. The van der Waals surface area contributed by atoms with Crippen LogP contribution < -0.4 is 5.32 Å². The first-order chi connectivity index (χ1) is 11.5. The molecule has 7 nitrogen and oxygen atoms in total. The summed E-state index contributed by atoms with van der Waals surface area (Å²) in [5.41, 5.74) is 1.18. The summed E-state index contributed by atoms with van der Waals surface area (Å²) in [5, 5.41) is 7.63. The standard InChI is InChI=1S/C15H18Cl2N4O3S/c1-9-15(25(23,24)20(3)4)10(2)21(19-9)8-14(22)18-13-6-11(16)5-12(17)7-13/h5-7H,8H2,1-4H3,(H,18,22). The summed E-state index contributed by atoms with van der Waals surface area (Å²) in [5.74, 6) is -0.377. The van der Waals surface area contributed by atoms with Crippen LogP contribution in [-0.4, -0.2) is 42.5 Å². The molecule has 2 rings (SSSR count). The van der Waals surface area contributed by atoms with Gasteiger partial charge in [0.05, 0.1) is 11.4 Å². The number of carbonyl (C=O) groups excluding carboxylic acids is 1. The van der Waals surface area contributed by atoms with Crippen LogP contribution >= 0.6 is 23.2 Å². The number of rotatable bonds is 5. The first-order valence-corrected chi connectivity index (χ1v) is 9.44. The molecule has 0 aliphatic carbocycles. The Bertz CT molecular complexity index is 903. The number of hydrogen-bond acceptors (Lipinski definition) is 4. The van der Waals surface area contributed by atoms with Crippen molar-refractivity contribution in [3.63, 3.8) is 0 Å². The molecule has 0 saturated carbocycles. The van der Waals surface area contributed by atoms with Gasteiger partial charge >= 0.3 is 0 Å². The van der Waals surface area contributed by atoms with Crippen LogP contribution in [-0.2, 0) is 21.4 Å². The second-order valence-electron chi connectivity index (χ2n) is 5.65. The van der Waals surface area contributed by atoms with E-state index < -0.39 is 10.0 Å². The van der Waals surface area contributed by atoms with E-state index in [9.17, 15) is 13.2 Å². The fourth-order valence-corrected chi connectivity index (χ4v) is 4.14. The quantitative estimate of drug-likeness (QED) is 0.829. The number of halogens is 2. The Morgan fingerprint density at radius 1 is 1.20 bits per heavy atom. The summed E-state index contributed by atoms with van der Waals surface area (Å²) in [6.07, 6.45) is 0. The zero-order valence-electron chi connectivity index (χ0n) is 14.2. The van der Waals surface area contributed by atoms with Gasteiger partial charge in [-0.1, -0.05) is 23.2 Å². The number of nitrogens with one attached hydrogen (secondary N) is 1. The lowest BCUT2D eigenvalue weighted by Crippen LogP contribution is -2.24. The molecule has 1 N–H and O–H groups in total. The van der Waals surface area contributed by atoms with E-state index in [1.54, 1.807) is 32.0 Å². The van der Waals surface area contributed by atoms with Gasteiger partial charge in [0.15, 0.2) is 0 Å². The molecule has 10 heteroatoms. The SMILES string of the molecule is Cc1nn(CC(=O)Nc2cc(Cl)cc(Cl)c2)c(C)c1S(=O)(=O)N(C)C. The van der Waals surface area contributed by atoms with Gasteiger partial charge in [0, 0.05) is 29.8 Å². The number of aryl methyl sites for hydroxylation is 1. The number of benzene rings is 1. The van der Waals surface area contributed by atoms with E-state index in [0.29, 0.717) is 27.1 Å². The predicted molar refractivity (Wildman–Crippen MR) is 97.7 cm³/mol. The number of carbonyl (C=O) groups is 1. The van der Waals surface area contributed by atoms with E-state index >= 15 is 0 Å². The minimum absolute atomic E-state index is 0.108. The molecular formula is C15H18Cl2N4O3S. The third-order valence-corrected chi connectivity index (χ3v) is 6.00. The molecule has 0 unspecified atom stereocenters. The van der Waals surface area contributed by atoms with Crippen molar-refractivity contribution in [3.05, 3.63) is 39.6 Å². The highest BCUT2D eigenvalue weighted by Crippen LogP contribution is 2.24. The summed E-state index contributed by atoms with van der Waals surface area (Å²) in [6, 6.07) is 4.68. The number of hydrogen-bond donors (Lipinski definition) is 1. The van der Waals surface area contributed by atoms with Gasteiger partial charge in [-0.15, -0.1) is 0 Å². The van der Waals surface area contributed by atoms with Crippen LogP contribution in [0.1, 0.15) is 11.4 Å². The molecule has 0 fully saturated rings. The van der Waals surface area contributed by atoms with Crippen molar-refractivity contribution < 1.29 is 13.2 Å². The van der Waals surface area contributed by atoms with Crippen molar-refractivity contribution in [3.8, 4) is 0 Å². The number of sulfonamides is 1. The van der Waals surface area contributed by atoms with E-state index in [4.69, 9.17) is 23.2 Å². The van der Waals surface area contributed by atoms with Crippen LogP contribution in [0.2, 0.25) is 10.0 Å². The fraction of sp³-hybridized carbons (Fsp3) is 0.333. The predicted octanol–water partition coefficient (Wildman–Crippen LogP) is 2.70. The smallest absolute Gasteiger partial charge is 0.246 e. The molecule has 0 saturated heterocycles. The molecule has 2 aromatic rings. The normalized spacial score (nSPS) is 11.8. The van der Waals surface area contributed by atoms with E-state index in [1.807, 2.05) is 0 Å². The summed E-state index contributed by atoms with van der Waals surface area (Å²) in [4.78, 5) is 12.4. The van der Waals surface area contributed by atoms with Crippen molar-refractivity contribution in [2.45, 2.75) is 25.3 Å². The van der Waals surface area contributed by atoms with E-state index in [2.05, 4.69) is 10.4 Å². The molecule has 136 valence electrons. The second kappa shape index (κ2) is 7.33. The van der Waals surface area contributed by atoms with Crippen molar-refractivity contribution in [2.24, 2.45) is 0 Å². The zero-order chi connectivity index (χ0) is 18.9. The molecule has 0 aliphatic rings. The van der Waals surface area contributed by atoms with Gasteiger partial charge in [-0.25, -0.2) is 12.7 Å². The van der Waals surface area contributed by atoms with Crippen molar-refractivity contribution in [1.82, 2.24) is 14.1 Å². The van der Waals surface area contributed by atoms with Crippen LogP contribution in [0.4, 0.5) is 5.69 Å². The molecule has 1 aromatic heterocycles. The molecule has 0 aliphatic heterocycles. The molecular weight excluding hydrogens is 387 g/mol. The minimum Gasteiger partial charge on any atom is -0.324 e. The molecule has 0 radical (unpaired) electrons. The van der Waals surface area contributed by atoms with Crippen molar-refractivity contribution in [2.75, 3.05) is 19.4 Å². The number of amides is 1. The summed E-state index contributed by atoms with van der Waals surface area (Å²) in [6.45, 7) is 3.06. The van der Waals surface area contributed by atoms with Crippen LogP contribution in [0.25, 0.3) is 0 Å². The van der Waals surface area contributed by atoms with E-state index in [1.165, 1.54) is 18.8 Å². The first-order valence-electron chi connectivity index (χ1n) is 7.25. The lowest BCUT2D eigenvalue weighted by molar-refractivity contribution is -0.116. The van der Waals surface area contributed by atoms with Gasteiger partial charge < -0.3 is 5.32 Å². The molecule has 0 bridgehead atoms. The molecule has 0 atom stereocenters. The number of anilines is 1. The van der Waals surface area contributed by atoms with Gasteiger partial charge in [0.2, 0.25) is 15.9 Å². The number of nitrogens with zero attached hydrogens (tertiary/aromatic N) is 3. The maximum Gasteiger partial charge on any atom is 0.246 e. The highest BCUT2D eigenvalue weighted by atomic mass is 35.5. The Kier molecular flexibility index (Phi) is 5.78. The second-order valence-corrected chi connectivity index (χ2v) is 8.61. The van der Waals surface area contributed by atoms with Crippen molar-refractivity contribution in [1.29, 1.82) is 0 Å². The van der Waals surface area contributed by atoms with E-state index in [-0.39, 0.29) is 17.3 Å². The van der Waals surface area contributed by atoms with Crippen molar-refractivity contribution >= 4 is 44.8 Å². The molecule has 1 heterocycles. The Labute approximate surface area is 156 Å². The van der Waals surface area contributed by atoms with Gasteiger partial charge in [-0.05, 0) is 32.0 Å². The van der Waals surface area contributed by atoms with Crippen LogP contribution in [0, 0.1) is 13.8 Å². The summed E-state index contributed by atoms with van der Waals surface area (Å²) < 4.78 is 27.2. The molecule has 1 aromatic carbocycles. The Morgan fingerprint density at radius 3 is 2.28 bits per heavy atom. The minimum atomic E-state index is -3.64. The van der Waals surface area contributed by atoms with Crippen LogP contribution in [0.5, 0.6) is 0 Å². The topological polar surface area (TPSA) is 84.3 Å². The molecule has 1 amide bonds. The largest absolute Gasteiger partial charge is 0.324 e. The van der Waals surface area contributed by atoms with Gasteiger partial charge in [0.25, 0.3) is 0 Å². The average molecular weight is 405 g/mol. The van der Waals surface area contributed by atoms with E-state index in [0.717, 1.165) is 4.31 Å². The fourth-order valence-electron chi connectivity index (χ4n) is 2.35. The zero-order valence-corrected chi connectivity index (χ0v) is 16.5. The van der Waals surface area contributed by atoms with Crippen LogP contribution in [0.3, 0.4) is 0 Å².